The minimum absolute atomic E-state index is 0.0462. The Morgan fingerprint density at radius 3 is 2.47 bits per heavy atom. The average Bonchev–Trinajstić information content (AvgIpc) is 3.58. The van der Waals surface area contributed by atoms with Crippen molar-refractivity contribution in [1.29, 1.82) is 0 Å². The molecule has 1 aliphatic carbocycles. The van der Waals surface area contributed by atoms with Crippen molar-refractivity contribution in [2.45, 2.75) is 38.5 Å². The Bertz CT molecular complexity index is 1550. The Morgan fingerprint density at radius 2 is 1.79 bits per heavy atom. The number of benzene rings is 1. The van der Waals surface area contributed by atoms with Crippen LogP contribution in [0.1, 0.15) is 53.7 Å². The van der Waals surface area contributed by atoms with Gasteiger partial charge in [0.1, 0.15) is 18.0 Å². The lowest BCUT2D eigenvalue weighted by molar-refractivity contribution is 0.345. The number of nitrogens with zero attached hydrogens (tertiary/aromatic N) is 5. The molecule has 7 heteroatoms. The number of aromatic nitrogens is 5. The van der Waals surface area contributed by atoms with Gasteiger partial charge in [0.25, 0.3) is 0 Å². The minimum Gasteiger partial charge on any atom is -0.481 e. The van der Waals surface area contributed by atoms with Gasteiger partial charge in [-0.15, -0.1) is 6.42 Å². The highest BCUT2D eigenvalue weighted by Crippen LogP contribution is 2.40. The van der Waals surface area contributed by atoms with Crippen molar-refractivity contribution in [3.63, 3.8) is 0 Å². The van der Waals surface area contributed by atoms with Crippen LogP contribution in [0.3, 0.4) is 0 Å². The fraction of sp³-hybridized carbons (Fsp3) is 0.290. The van der Waals surface area contributed by atoms with E-state index in [2.05, 4.69) is 57.8 Å². The van der Waals surface area contributed by atoms with E-state index >= 15 is 0 Å². The molecule has 0 bridgehead atoms. The third kappa shape index (κ3) is 4.22. The van der Waals surface area contributed by atoms with Crippen molar-refractivity contribution in [2.75, 3.05) is 25.1 Å². The lowest BCUT2D eigenvalue weighted by Gasteiger charge is -2.39. The maximum Gasteiger partial charge on any atom is 0.212 e. The maximum atomic E-state index is 5.52. The van der Waals surface area contributed by atoms with E-state index in [-0.39, 0.29) is 5.41 Å². The summed E-state index contributed by atoms with van der Waals surface area (Å²) in [5.74, 6) is 5.34. The van der Waals surface area contributed by atoms with Crippen LogP contribution in [0, 0.1) is 19.3 Å². The molecule has 0 radical (unpaired) electrons. The molecule has 0 amide bonds. The number of terminal acetylenes is 1. The molecule has 4 aromatic rings. The number of nitrogens with one attached hydrogen (secondary N) is 1. The summed E-state index contributed by atoms with van der Waals surface area (Å²) < 4.78 is 5.20. The Labute approximate surface area is 223 Å². The van der Waals surface area contributed by atoms with Crippen LogP contribution in [0.4, 0.5) is 5.82 Å². The van der Waals surface area contributed by atoms with Gasteiger partial charge in [0.05, 0.1) is 18.5 Å². The van der Waals surface area contributed by atoms with E-state index in [4.69, 9.17) is 21.1 Å². The predicted octanol–water partition coefficient (Wildman–Crippen LogP) is 5.21. The Balaban J connectivity index is 1.21. The number of aromatic amines is 1. The zero-order valence-electron chi connectivity index (χ0n) is 22.0. The number of ether oxygens (including phenoxy) is 1. The van der Waals surface area contributed by atoms with E-state index in [0.717, 1.165) is 77.8 Å². The van der Waals surface area contributed by atoms with Gasteiger partial charge >= 0.3 is 0 Å². The number of H-pyrrole nitrogens is 1. The Kier molecular flexibility index (Phi) is 5.96. The van der Waals surface area contributed by atoms with Crippen molar-refractivity contribution >= 4 is 17.5 Å². The van der Waals surface area contributed by atoms with Gasteiger partial charge in [-0.25, -0.2) is 19.9 Å². The summed E-state index contributed by atoms with van der Waals surface area (Å²) in [6.07, 6.45) is 14.0. The first kappa shape index (κ1) is 23.9. The van der Waals surface area contributed by atoms with E-state index in [1.54, 1.807) is 13.4 Å². The molecule has 1 saturated heterocycles. The molecule has 0 spiro atoms. The molecule has 4 heterocycles. The molecule has 1 fully saturated rings. The van der Waals surface area contributed by atoms with Crippen LogP contribution < -0.4 is 9.64 Å². The van der Waals surface area contributed by atoms with E-state index in [1.807, 2.05) is 30.5 Å². The highest BCUT2D eigenvalue weighted by atomic mass is 16.5. The molecule has 0 atom stereocenters. The second-order valence-corrected chi connectivity index (χ2v) is 10.3. The average molecular weight is 503 g/mol. The molecule has 0 saturated carbocycles. The van der Waals surface area contributed by atoms with Gasteiger partial charge in [-0.3, -0.25) is 0 Å². The number of piperidine rings is 1. The van der Waals surface area contributed by atoms with Gasteiger partial charge < -0.3 is 14.6 Å². The maximum absolute atomic E-state index is 5.52. The zero-order valence-corrected chi connectivity index (χ0v) is 22.0. The number of pyridine rings is 1. The molecule has 1 aromatic carbocycles. The summed E-state index contributed by atoms with van der Waals surface area (Å²) >= 11 is 0. The van der Waals surface area contributed by atoms with Gasteiger partial charge in [-0.2, -0.15) is 0 Å². The summed E-state index contributed by atoms with van der Waals surface area (Å²) in [6, 6.07) is 12.0. The summed E-state index contributed by atoms with van der Waals surface area (Å²) in [5.41, 5.74) is 8.47. The topological polar surface area (TPSA) is 79.8 Å². The lowest BCUT2D eigenvalue weighted by Crippen LogP contribution is -2.42. The van der Waals surface area contributed by atoms with Crippen molar-refractivity contribution in [1.82, 2.24) is 24.9 Å². The monoisotopic (exact) mass is 502 g/mol. The molecule has 190 valence electrons. The second-order valence-electron chi connectivity index (χ2n) is 10.3. The van der Waals surface area contributed by atoms with Crippen molar-refractivity contribution in [3.8, 4) is 29.5 Å². The Hall–Kier alpha value is -4.44. The molecule has 1 aliphatic heterocycles. The van der Waals surface area contributed by atoms with Gasteiger partial charge in [-0.1, -0.05) is 25.0 Å². The molecule has 0 unspecified atom stereocenters. The van der Waals surface area contributed by atoms with E-state index in [9.17, 15) is 0 Å². The molecule has 1 N–H and O–H groups in total. The van der Waals surface area contributed by atoms with Gasteiger partial charge in [-0.05, 0) is 55.2 Å². The fourth-order valence-corrected chi connectivity index (χ4v) is 5.45. The quantitative estimate of drug-likeness (QED) is 0.377. The largest absolute Gasteiger partial charge is 0.481 e. The molecule has 6 rings (SSSR count). The summed E-state index contributed by atoms with van der Waals surface area (Å²) in [4.78, 5) is 24.7. The smallest absolute Gasteiger partial charge is 0.212 e. The third-order valence-corrected chi connectivity index (χ3v) is 7.89. The van der Waals surface area contributed by atoms with Crippen LogP contribution in [0.15, 0.2) is 48.9 Å². The Morgan fingerprint density at radius 1 is 1.03 bits per heavy atom. The van der Waals surface area contributed by atoms with E-state index in [0.29, 0.717) is 5.88 Å². The first-order valence-electron chi connectivity index (χ1n) is 12.9. The minimum atomic E-state index is -0.0462. The van der Waals surface area contributed by atoms with Crippen LogP contribution in [0.5, 0.6) is 5.88 Å². The summed E-state index contributed by atoms with van der Waals surface area (Å²) in [5, 5.41) is 0. The molecule has 3 aromatic heterocycles. The van der Waals surface area contributed by atoms with Crippen LogP contribution in [0.2, 0.25) is 0 Å². The third-order valence-electron chi connectivity index (χ3n) is 7.89. The normalized spacial score (nSPS) is 16.1. The number of imidazole rings is 1. The molecule has 7 nitrogen and oxygen atoms in total. The molecule has 2 aliphatic rings. The van der Waals surface area contributed by atoms with Crippen molar-refractivity contribution in [3.05, 3.63) is 82.8 Å². The second kappa shape index (κ2) is 9.46. The molecule has 38 heavy (non-hydrogen) atoms. The number of fused-ring (bicyclic) bond motifs is 1. The fourth-order valence-electron chi connectivity index (χ4n) is 5.45. The number of hydrogen-bond acceptors (Lipinski definition) is 6. The highest BCUT2D eigenvalue weighted by Gasteiger charge is 2.36. The number of aryl methyl sites for hydroxylation is 1. The van der Waals surface area contributed by atoms with Gasteiger partial charge in [0, 0.05) is 59.6 Å². The van der Waals surface area contributed by atoms with E-state index < -0.39 is 0 Å². The standard InChI is InChI=1S/C31H30N6O/c1-5-21-6-8-22(9-7-21)24-16-25-26(17-24)33-19-34-29(25)37-14-12-31(3,13-15-37)30-35-20(2)28(36-30)23-10-11-27(38-4)32-18-23/h1,6-11,16,18-19H,12-15,17H2,2-4H3,(H,35,36). The number of methoxy groups -OCH3 is 1. The van der Waals surface area contributed by atoms with Crippen LogP contribution in [-0.4, -0.2) is 45.1 Å². The molecular weight excluding hydrogens is 472 g/mol. The SMILES string of the molecule is C#Cc1ccc(C2=Cc3c(ncnc3N3CCC(C)(c4nc(-c5ccc(OC)nc5)c(C)[nH]4)CC3)C2)cc1. The highest BCUT2D eigenvalue weighted by molar-refractivity contribution is 5.91. The number of anilines is 1. The van der Waals surface area contributed by atoms with Crippen molar-refractivity contribution < 1.29 is 4.74 Å². The van der Waals surface area contributed by atoms with Crippen LogP contribution in [0.25, 0.3) is 22.9 Å². The van der Waals surface area contributed by atoms with Gasteiger partial charge in [0.2, 0.25) is 5.88 Å². The van der Waals surface area contributed by atoms with Crippen LogP contribution >= 0.6 is 0 Å². The number of hydrogen-bond donors (Lipinski definition) is 1. The first-order chi connectivity index (χ1) is 18.5. The predicted molar refractivity (Wildman–Crippen MR) is 150 cm³/mol. The zero-order chi connectivity index (χ0) is 26.3. The summed E-state index contributed by atoms with van der Waals surface area (Å²) in [7, 11) is 1.62. The van der Waals surface area contributed by atoms with Crippen LogP contribution in [-0.2, 0) is 11.8 Å². The molecular formula is C31H30N6O. The lowest BCUT2D eigenvalue weighted by atomic mass is 9.79. The van der Waals surface area contributed by atoms with Crippen molar-refractivity contribution in [2.24, 2.45) is 0 Å². The van der Waals surface area contributed by atoms with E-state index in [1.165, 1.54) is 11.1 Å². The number of allylic oxidation sites excluding steroid dienone is 1. The first-order valence-corrected chi connectivity index (χ1v) is 12.9. The summed E-state index contributed by atoms with van der Waals surface area (Å²) in [6.45, 7) is 6.18. The van der Waals surface area contributed by atoms with Gasteiger partial charge in [0.15, 0.2) is 0 Å². The number of rotatable bonds is 5.